The highest BCUT2D eigenvalue weighted by Gasteiger charge is 2.70. The zero-order chi connectivity index (χ0) is 16.6. The molecule has 2 nitrogen and oxygen atoms in total. The van der Waals surface area contributed by atoms with Crippen LogP contribution in [0.5, 0.6) is 0 Å². The van der Waals surface area contributed by atoms with Crippen LogP contribution in [0.1, 0.15) is 71.1 Å². The highest BCUT2D eigenvalue weighted by Crippen LogP contribution is 2.63. The minimum atomic E-state index is -3.29. The van der Waals surface area contributed by atoms with E-state index in [-0.39, 0.29) is 5.41 Å². The molecule has 1 N–H and O–H groups in total. The van der Waals surface area contributed by atoms with Gasteiger partial charge in [0.1, 0.15) is 5.60 Å². The van der Waals surface area contributed by atoms with Crippen molar-refractivity contribution in [3.05, 3.63) is 0 Å². The van der Waals surface area contributed by atoms with E-state index in [0.29, 0.717) is 32.3 Å². The quantitative estimate of drug-likeness (QED) is 0.830. The second-order valence-electron chi connectivity index (χ2n) is 9.12. The molecule has 132 valence electrons. The zero-order valence-corrected chi connectivity index (χ0v) is 13.8. The first-order valence-corrected chi connectivity index (χ1v) is 9.03. The van der Waals surface area contributed by atoms with Crippen molar-refractivity contribution in [3.63, 3.8) is 0 Å². The first-order valence-electron chi connectivity index (χ1n) is 9.03. The van der Waals surface area contributed by atoms with Gasteiger partial charge >= 0.3 is 0 Å². The van der Waals surface area contributed by atoms with Crippen molar-refractivity contribution in [3.8, 4) is 0 Å². The van der Waals surface area contributed by atoms with Gasteiger partial charge in [-0.3, -0.25) is 0 Å². The van der Waals surface area contributed by atoms with E-state index in [4.69, 9.17) is 4.74 Å². The molecule has 0 heterocycles. The molecular formula is C18H27F3O2. The van der Waals surface area contributed by atoms with Gasteiger partial charge in [-0.25, -0.2) is 13.2 Å². The standard InChI is InChI=1S/C18H27F3O2/c1-14-2-10-17(11-3-14,13(19)18(14,20)21)23-12-15-4-7-16(22,8-5-15)9-6-15/h13,22H,2-12H2,1H3. The van der Waals surface area contributed by atoms with Crippen LogP contribution < -0.4 is 0 Å². The molecule has 6 saturated carbocycles. The number of halogens is 3. The Balaban J connectivity index is 1.49. The Hall–Kier alpha value is -0.290. The van der Waals surface area contributed by atoms with Gasteiger partial charge in [-0.1, -0.05) is 6.92 Å². The summed E-state index contributed by atoms with van der Waals surface area (Å²) in [5, 5.41) is 10.3. The van der Waals surface area contributed by atoms with Crippen LogP contribution in [0.15, 0.2) is 0 Å². The van der Waals surface area contributed by atoms with Gasteiger partial charge in [0.05, 0.1) is 12.2 Å². The highest BCUT2D eigenvalue weighted by atomic mass is 19.3. The lowest BCUT2D eigenvalue weighted by Gasteiger charge is -2.59. The predicted octanol–water partition coefficient (Wildman–Crippen LogP) is 4.39. The van der Waals surface area contributed by atoms with Crippen molar-refractivity contribution >= 4 is 0 Å². The molecule has 0 amide bonds. The van der Waals surface area contributed by atoms with Gasteiger partial charge in [-0.2, -0.15) is 0 Å². The van der Waals surface area contributed by atoms with E-state index >= 15 is 0 Å². The van der Waals surface area contributed by atoms with E-state index in [1.807, 2.05) is 0 Å². The summed E-state index contributed by atoms with van der Waals surface area (Å²) in [7, 11) is 0. The van der Waals surface area contributed by atoms with Gasteiger partial charge < -0.3 is 9.84 Å². The molecular weight excluding hydrogens is 305 g/mol. The number of rotatable bonds is 3. The lowest BCUT2D eigenvalue weighted by Crippen LogP contribution is -2.67. The minimum Gasteiger partial charge on any atom is -0.390 e. The molecule has 6 rings (SSSR count). The van der Waals surface area contributed by atoms with Gasteiger partial charge in [0.2, 0.25) is 0 Å². The lowest BCUT2D eigenvalue weighted by molar-refractivity contribution is -0.303. The summed E-state index contributed by atoms with van der Waals surface area (Å²) in [6.45, 7) is 1.89. The Morgan fingerprint density at radius 3 is 1.96 bits per heavy atom. The number of aliphatic hydroxyl groups is 1. The Bertz CT molecular complexity index is 472. The molecule has 4 bridgehead atoms. The topological polar surface area (TPSA) is 29.5 Å². The summed E-state index contributed by atoms with van der Waals surface area (Å²) >= 11 is 0. The van der Waals surface area contributed by atoms with E-state index in [0.717, 1.165) is 38.5 Å². The average molecular weight is 332 g/mol. The smallest absolute Gasteiger partial charge is 0.286 e. The molecule has 1 atom stereocenters. The molecule has 6 aliphatic rings. The van der Waals surface area contributed by atoms with Crippen molar-refractivity contribution in [2.45, 2.75) is 94.4 Å². The molecule has 6 aliphatic carbocycles. The van der Waals surface area contributed by atoms with Crippen LogP contribution in [0.2, 0.25) is 0 Å². The van der Waals surface area contributed by atoms with Crippen LogP contribution in [0, 0.1) is 10.8 Å². The zero-order valence-electron chi connectivity index (χ0n) is 13.8. The molecule has 0 aromatic rings. The molecule has 0 aromatic carbocycles. The fraction of sp³-hybridized carbons (Fsp3) is 1.00. The van der Waals surface area contributed by atoms with E-state index in [1.165, 1.54) is 6.92 Å². The molecule has 0 spiro atoms. The fourth-order valence-corrected chi connectivity index (χ4v) is 5.42. The van der Waals surface area contributed by atoms with E-state index in [9.17, 15) is 18.3 Å². The van der Waals surface area contributed by atoms with Gasteiger partial charge in [0.15, 0.2) is 6.17 Å². The maximum atomic E-state index is 14.7. The van der Waals surface area contributed by atoms with Crippen LogP contribution in [-0.4, -0.2) is 35.0 Å². The van der Waals surface area contributed by atoms with Crippen molar-refractivity contribution in [1.29, 1.82) is 0 Å². The van der Waals surface area contributed by atoms with Crippen molar-refractivity contribution in [2.75, 3.05) is 6.61 Å². The monoisotopic (exact) mass is 332 g/mol. The summed E-state index contributed by atoms with van der Waals surface area (Å²) < 4.78 is 49.6. The van der Waals surface area contributed by atoms with E-state index < -0.39 is 28.7 Å². The Morgan fingerprint density at radius 1 is 0.913 bits per heavy atom. The molecule has 0 aliphatic heterocycles. The third-order valence-electron chi connectivity index (χ3n) is 7.81. The second kappa shape index (κ2) is 4.66. The third kappa shape index (κ3) is 2.14. The molecule has 5 heteroatoms. The first kappa shape index (κ1) is 16.2. The van der Waals surface area contributed by atoms with Gasteiger partial charge in [0.25, 0.3) is 5.92 Å². The summed E-state index contributed by atoms with van der Waals surface area (Å²) in [6.07, 6.45) is 4.17. The van der Waals surface area contributed by atoms with Crippen molar-refractivity contribution in [2.24, 2.45) is 10.8 Å². The van der Waals surface area contributed by atoms with Crippen LogP contribution in [-0.2, 0) is 4.74 Å². The lowest BCUT2D eigenvalue weighted by atomic mass is 9.56. The summed E-state index contributed by atoms with van der Waals surface area (Å²) in [5.74, 6) is -3.29. The summed E-state index contributed by atoms with van der Waals surface area (Å²) in [5.41, 5.74) is -3.05. The Kier molecular flexibility index (Phi) is 3.28. The normalized spacial score (nSPS) is 54.4. The van der Waals surface area contributed by atoms with Crippen LogP contribution in [0.3, 0.4) is 0 Å². The maximum Gasteiger partial charge on any atom is 0.286 e. The van der Waals surface area contributed by atoms with E-state index in [2.05, 4.69) is 0 Å². The minimum absolute atomic E-state index is 0.0353. The molecule has 0 radical (unpaired) electrons. The number of alkyl halides is 3. The number of hydrogen-bond acceptors (Lipinski definition) is 2. The van der Waals surface area contributed by atoms with Gasteiger partial charge in [-0.05, 0) is 69.6 Å². The molecule has 6 fully saturated rings. The van der Waals surface area contributed by atoms with Crippen LogP contribution in [0.25, 0.3) is 0 Å². The van der Waals surface area contributed by atoms with Gasteiger partial charge in [-0.15, -0.1) is 0 Å². The fourth-order valence-electron chi connectivity index (χ4n) is 5.42. The second-order valence-corrected chi connectivity index (χ2v) is 9.12. The van der Waals surface area contributed by atoms with Crippen LogP contribution in [0.4, 0.5) is 13.2 Å². The summed E-state index contributed by atoms with van der Waals surface area (Å²) in [6, 6.07) is 0. The molecule has 1 unspecified atom stereocenters. The highest BCUT2D eigenvalue weighted by molar-refractivity contribution is 5.14. The predicted molar refractivity (Wildman–Crippen MR) is 80.2 cm³/mol. The molecule has 23 heavy (non-hydrogen) atoms. The SMILES string of the molecule is CC12CCC(OCC34CCC(O)(CC3)CC4)(CC1)C(F)C2(F)F. The third-order valence-corrected chi connectivity index (χ3v) is 7.81. The summed E-state index contributed by atoms with van der Waals surface area (Å²) in [4.78, 5) is 0. The number of fused-ring (bicyclic) bond motifs is 6. The van der Waals surface area contributed by atoms with E-state index in [1.54, 1.807) is 0 Å². The van der Waals surface area contributed by atoms with Crippen molar-refractivity contribution in [1.82, 2.24) is 0 Å². The van der Waals surface area contributed by atoms with Crippen LogP contribution >= 0.6 is 0 Å². The first-order chi connectivity index (χ1) is 10.6. The Morgan fingerprint density at radius 2 is 1.43 bits per heavy atom. The Labute approximate surface area is 135 Å². The maximum absolute atomic E-state index is 14.7. The number of hydrogen-bond donors (Lipinski definition) is 1. The average Bonchev–Trinajstić information content (AvgIpc) is 2.54. The molecule has 0 aromatic heterocycles. The van der Waals surface area contributed by atoms with Gasteiger partial charge in [0, 0.05) is 5.41 Å². The largest absolute Gasteiger partial charge is 0.390 e. The molecule has 0 saturated heterocycles. The number of ether oxygens (including phenoxy) is 1. The van der Waals surface area contributed by atoms with Crippen molar-refractivity contribution < 1.29 is 23.0 Å².